The number of fused-ring (bicyclic) bond motifs is 6. The molecule has 3 fully saturated rings. The third-order valence-electron chi connectivity index (χ3n) is 7.20. The van der Waals surface area contributed by atoms with Crippen molar-refractivity contribution < 1.29 is 4.79 Å². The Morgan fingerprint density at radius 2 is 2.00 bits per heavy atom. The Hall–Kier alpha value is -1.81. The van der Waals surface area contributed by atoms with Crippen molar-refractivity contribution in [3.05, 3.63) is 47.5 Å². The van der Waals surface area contributed by atoms with Crippen molar-refractivity contribution in [2.24, 2.45) is 11.8 Å². The maximum Gasteiger partial charge on any atom is 0.318 e. The minimum absolute atomic E-state index is 0.119. The second kappa shape index (κ2) is 7.31. The molecular formula is C23H31N3O. The van der Waals surface area contributed by atoms with Crippen molar-refractivity contribution in [2.45, 2.75) is 57.2 Å². The van der Waals surface area contributed by atoms with Gasteiger partial charge in [0.15, 0.2) is 0 Å². The summed E-state index contributed by atoms with van der Waals surface area (Å²) < 4.78 is 0. The standard InChI is InChI=1S/C23H31N3O/c27-23(24-15-17-7-2-1-3-8-17)26-12-6-9-18-13-19-14-20(22(18)26)16-25-11-5-4-10-21(19)25/h1-3,7-8,13,19-22H,4-6,9-12,14-16H2,(H,24,27)/t19-,20-,21?,22?/m1/s1. The van der Waals surface area contributed by atoms with Gasteiger partial charge >= 0.3 is 6.03 Å². The molecule has 2 unspecified atom stereocenters. The summed E-state index contributed by atoms with van der Waals surface area (Å²) in [7, 11) is 0. The summed E-state index contributed by atoms with van der Waals surface area (Å²) in [6.07, 6.45) is 10.3. The molecule has 1 aliphatic carbocycles. The summed E-state index contributed by atoms with van der Waals surface area (Å²) in [4.78, 5) is 17.9. The van der Waals surface area contributed by atoms with Crippen molar-refractivity contribution >= 4 is 6.03 Å². The number of piperidine rings is 3. The lowest BCUT2D eigenvalue weighted by Gasteiger charge is -2.54. The highest BCUT2D eigenvalue weighted by Crippen LogP contribution is 2.44. The van der Waals surface area contributed by atoms with Crippen LogP contribution < -0.4 is 5.32 Å². The molecule has 0 saturated carbocycles. The first-order valence-electron chi connectivity index (χ1n) is 10.8. The van der Waals surface area contributed by atoms with Gasteiger partial charge in [-0.3, -0.25) is 4.90 Å². The third kappa shape index (κ3) is 3.29. The zero-order valence-electron chi connectivity index (χ0n) is 16.1. The van der Waals surface area contributed by atoms with Gasteiger partial charge in [-0.05, 0) is 56.0 Å². The Bertz CT molecular complexity index is 716. The van der Waals surface area contributed by atoms with Crippen molar-refractivity contribution in [3.63, 3.8) is 0 Å². The number of amides is 2. The summed E-state index contributed by atoms with van der Waals surface area (Å²) in [5.41, 5.74) is 2.72. The average molecular weight is 366 g/mol. The van der Waals surface area contributed by atoms with E-state index in [2.05, 4.69) is 33.3 Å². The van der Waals surface area contributed by atoms with Crippen LogP contribution in [0.3, 0.4) is 0 Å². The summed E-state index contributed by atoms with van der Waals surface area (Å²) >= 11 is 0. The van der Waals surface area contributed by atoms with E-state index in [0.29, 0.717) is 18.5 Å². The molecule has 27 heavy (non-hydrogen) atoms. The summed E-state index contributed by atoms with van der Waals surface area (Å²) in [5, 5.41) is 3.18. The number of benzene rings is 1. The SMILES string of the molecule is O=C(NCc1ccccc1)N1CCCC2=C[C@@H]3C[C@H](CN4CCCCC34)C21. The zero-order valence-corrected chi connectivity index (χ0v) is 16.1. The molecule has 3 aliphatic heterocycles. The molecule has 3 heterocycles. The number of hydrogen-bond donors (Lipinski definition) is 1. The largest absolute Gasteiger partial charge is 0.334 e. The van der Waals surface area contributed by atoms with Crippen LogP contribution in [0, 0.1) is 11.8 Å². The molecule has 4 nitrogen and oxygen atoms in total. The van der Waals surface area contributed by atoms with E-state index in [1.165, 1.54) is 45.2 Å². The number of urea groups is 1. The van der Waals surface area contributed by atoms with Crippen molar-refractivity contribution in [1.82, 2.24) is 15.1 Å². The van der Waals surface area contributed by atoms with Crippen LogP contribution in [0.25, 0.3) is 0 Å². The number of rotatable bonds is 2. The topological polar surface area (TPSA) is 35.6 Å². The van der Waals surface area contributed by atoms with Gasteiger partial charge in [-0.1, -0.05) is 48.4 Å². The van der Waals surface area contributed by atoms with Crippen molar-refractivity contribution in [1.29, 1.82) is 0 Å². The molecule has 1 aromatic carbocycles. The number of likely N-dealkylation sites (tertiary alicyclic amines) is 1. The van der Waals surface area contributed by atoms with E-state index in [1.54, 1.807) is 5.57 Å². The lowest BCUT2D eigenvalue weighted by atomic mass is 9.68. The minimum Gasteiger partial charge on any atom is -0.334 e. The van der Waals surface area contributed by atoms with Crippen LogP contribution >= 0.6 is 0 Å². The summed E-state index contributed by atoms with van der Waals surface area (Å²) in [5.74, 6) is 1.34. The Morgan fingerprint density at radius 1 is 1.11 bits per heavy atom. The summed E-state index contributed by atoms with van der Waals surface area (Å²) in [6.45, 7) is 3.95. The third-order valence-corrected chi connectivity index (χ3v) is 7.20. The lowest BCUT2D eigenvalue weighted by Crippen LogP contribution is -2.61. The molecule has 0 spiro atoms. The normalized spacial score (nSPS) is 32.9. The first-order chi connectivity index (χ1) is 13.3. The lowest BCUT2D eigenvalue weighted by molar-refractivity contribution is 0.00788. The fraction of sp³-hybridized carbons (Fsp3) is 0.609. The van der Waals surface area contributed by atoms with Crippen LogP contribution in [0.15, 0.2) is 42.0 Å². The molecule has 2 amide bonds. The van der Waals surface area contributed by atoms with Crippen molar-refractivity contribution in [3.8, 4) is 0 Å². The molecule has 4 aliphatic rings. The highest BCUT2D eigenvalue weighted by Gasteiger charge is 2.46. The van der Waals surface area contributed by atoms with Crippen LogP contribution in [-0.4, -0.2) is 47.5 Å². The average Bonchev–Trinajstić information content (AvgIpc) is 2.72. The zero-order chi connectivity index (χ0) is 18.2. The summed E-state index contributed by atoms with van der Waals surface area (Å²) in [6, 6.07) is 11.4. The number of carbonyl (C=O) groups is 1. The Kier molecular flexibility index (Phi) is 4.68. The van der Waals surface area contributed by atoms with E-state index < -0.39 is 0 Å². The van der Waals surface area contributed by atoms with Gasteiger partial charge in [0.1, 0.15) is 0 Å². The smallest absolute Gasteiger partial charge is 0.318 e. The van der Waals surface area contributed by atoms with Gasteiger partial charge in [-0.25, -0.2) is 4.79 Å². The number of hydrogen-bond acceptors (Lipinski definition) is 2. The second-order valence-electron chi connectivity index (χ2n) is 8.85. The molecule has 0 aromatic heterocycles. The van der Waals surface area contributed by atoms with Crippen LogP contribution in [0.5, 0.6) is 0 Å². The number of nitrogens with one attached hydrogen (secondary N) is 1. The first-order valence-corrected chi connectivity index (χ1v) is 10.8. The van der Waals surface area contributed by atoms with E-state index in [9.17, 15) is 4.79 Å². The monoisotopic (exact) mass is 365 g/mol. The molecule has 1 N–H and O–H groups in total. The molecular weight excluding hydrogens is 334 g/mol. The predicted molar refractivity (Wildman–Crippen MR) is 107 cm³/mol. The van der Waals surface area contributed by atoms with Crippen molar-refractivity contribution in [2.75, 3.05) is 19.6 Å². The van der Waals surface area contributed by atoms with Gasteiger partial charge in [0, 0.05) is 25.7 Å². The molecule has 4 heteroatoms. The molecule has 2 bridgehead atoms. The molecule has 1 aromatic rings. The van der Waals surface area contributed by atoms with E-state index in [1.807, 2.05) is 18.2 Å². The quantitative estimate of drug-likeness (QED) is 0.810. The van der Waals surface area contributed by atoms with Crippen LogP contribution in [-0.2, 0) is 6.54 Å². The van der Waals surface area contributed by atoms with Crippen LogP contribution in [0.4, 0.5) is 4.79 Å². The predicted octanol–water partition coefficient (Wildman–Crippen LogP) is 3.79. The Balaban J connectivity index is 1.33. The minimum atomic E-state index is 0.119. The maximum atomic E-state index is 13.0. The fourth-order valence-electron chi connectivity index (χ4n) is 6.08. The van der Waals surface area contributed by atoms with Gasteiger partial charge in [0.25, 0.3) is 0 Å². The maximum absolute atomic E-state index is 13.0. The fourth-order valence-corrected chi connectivity index (χ4v) is 6.08. The molecule has 4 atom stereocenters. The van der Waals surface area contributed by atoms with Gasteiger partial charge in [-0.2, -0.15) is 0 Å². The number of nitrogens with zero attached hydrogens (tertiary/aromatic N) is 2. The van der Waals surface area contributed by atoms with Gasteiger partial charge < -0.3 is 10.2 Å². The van der Waals surface area contributed by atoms with E-state index in [0.717, 1.165) is 30.5 Å². The Morgan fingerprint density at radius 3 is 2.89 bits per heavy atom. The van der Waals surface area contributed by atoms with Crippen LogP contribution in [0.2, 0.25) is 0 Å². The molecule has 0 radical (unpaired) electrons. The highest BCUT2D eigenvalue weighted by atomic mass is 16.2. The second-order valence-corrected chi connectivity index (χ2v) is 8.85. The van der Waals surface area contributed by atoms with E-state index in [4.69, 9.17) is 0 Å². The first kappa shape index (κ1) is 17.3. The molecule has 5 rings (SSSR count). The Labute approximate surface area is 162 Å². The van der Waals surface area contributed by atoms with Crippen LogP contribution in [0.1, 0.15) is 44.1 Å². The van der Waals surface area contributed by atoms with Gasteiger partial charge in [0.2, 0.25) is 0 Å². The van der Waals surface area contributed by atoms with Gasteiger partial charge in [0.05, 0.1) is 6.04 Å². The van der Waals surface area contributed by atoms with Gasteiger partial charge in [-0.15, -0.1) is 0 Å². The highest BCUT2D eigenvalue weighted by molar-refractivity contribution is 5.75. The number of carbonyl (C=O) groups excluding carboxylic acids is 1. The van der Waals surface area contributed by atoms with E-state index in [-0.39, 0.29) is 6.03 Å². The molecule has 144 valence electrons. The van der Waals surface area contributed by atoms with E-state index >= 15 is 0 Å². The molecule has 3 saturated heterocycles.